The molecule has 0 radical (unpaired) electrons. The molecule has 0 bridgehead atoms. The molecular formula is C20H23N3O3S. The molecular weight excluding hydrogens is 362 g/mol. The molecule has 2 amide bonds. The fraction of sp³-hybridized carbons (Fsp3) is 0.350. The molecule has 6 nitrogen and oxygen atoms in total. The van der Waals surface area contributed by atoms with Gasteiger partial charge in [0.2, 0.25) is 5.91 Å². The van der Waals surface area contributed by atoms with Crippen LogP contribution in [0.15, 0.2) is 41.3 Å². The standard InChI is InChI=1S/C20H23N3O3S/c1-27-13-17(24)22-10-8-16-15(11-22)12-23(20(26)18(16)19(21)25)9-7-14-5-3-2-4-6-14/h2-6,12H,7-11,13H2,1H3,(H2,21,25). The van der Waals surface area contributed by atoms with Crippen LogP contribution in [0.5, 0.6) is 0 Å². The van der Waals surface area contributed by atoms with Crippen molar-refractivity contribution >= 4 is 23.6 Å². The smallest absolute Gasteiger partial charge is 0.263 e. The average Bonchev–Trinajstić information content (AvgIpc) is 2.66. The van der Waals surface area contributed by atoms with E-state index in [4.69, 9.17) is 5.73 Å². The summed E-state index contributed by atoms with van der Waals surface area (Å²) in [5.41, 5.74) is 7.87. The van der Waals surface area contributed by atoms with Gasteiger partial charge in [-0.1, -0.05) is 30.3 Å². The molecule has 3 rings (SSSR count). The minimum absolute atomic E-state index is 0.0656. The molecule has 0 saturated carbocycles. The molecule has 2 N–H and O–H groups in total. The number of hydrogen-bond donors (Lipinski definition) is 1. The van der Waals surface area contributed by atoms with Gasteiger partial charge in [0.25, 0.3) is 11.5 Å². The molecule has 0 fully saturated rings. The number of thioether (sulfide) groups is 1. The summed E-state index contributed by atoms with van der Waals surface area (Å²) in [5, 5.41) is 0. The average molecular weight is 385 g/mol. The largest absolute Gasteiger partial charge is 0.365 e. The van der Waals surface area contributed by atoms with Crippen molar-refractivity contribution in [3.8, 4) is 0 Å². The van der Waals surface area contributed by atoms with Crippen molar-refractivity contribution in [2.24, 2.45) is 5.73 Å². The molecule has 2 heterocycles. The molecule has 27 heavy (non-hydrogen) atoms. The van der Waals surface area contributed by atoms with Gasteiger partial charge in [-0.2, -0.15) is 11.8 Å². The maximum absolute atomic E-state index is 12.8. The number of carbonyl (C=O) groups is 2. The predicted octanol–water partition coefficient (Wildman–Crippen LogP) is 1.44. The van der Waals surface area contributed by atoms with E-state index < -0.39 is 5.91 Å². The van der Waals surface area contributed by atoms with Gasteiger partial charge in [0.1, 0.15) is 5.56 Å². The van der Waals surface area contributed by atoms with Gasteiger partial charge in [-0.05, 0) is 35.8 Å². The highest BCUT2D eigenvalue weighted by atomic mass is 32.2. The summed E-state index contributed by atoms with van der Waals surface area (Å²) >= 11 is 1.48. The van der Waals surface area contributed by atoms with Crippen LogP contribution in [0, 0.1) is 0 Å². The minimum Gasteiger partial charge on any atom is -0.365 e. The Morgan fingerprint density at radius 2 is 1.96 bits per heavy atom. The van der Waals surface area contributed by atoms with Gasteiger partial charge in [-0.3, -0.25) is 14.4 Å². The number of amides is 2. The Labute approximate surface area is 162 Å². The predicted molar refractivity (Wildman–Crippen MR) is 107 cm³/mol. The Hall–Kier alpha value is -2.54. The number of nitrogens with zero attached hydrogens (tertiary/aromatic N) is 2. The minimum atomic E-state index is -0.700. The van der Waals surface area contributed by atoms with Crippen LogP contribution in [0.3, 0.4) is 0 Å². The monoisotopic (exact) mass is 385 g/mol. The topological polar surface area (TPSA) is 85.4 Å². The third-order valence-corrected chi connectivity index (χ3v) is 5.36. The fourth-order valence-electron chi connectivity index (χ4n) is 3.45. The van der Waals surface area contributed by atoms with E-state index in [1.165, 1.54) is 11.8 Å². The SMILES string of the molecule is CSCC(=O)N1CCc2c(cn(CCc3ccccc3)c(=O)c2C(N)=O)C1. The first-order valence-corrected chi connectivity index (χ1v) is 10.3. The zero-order valence-corrected chi connectivity index (χ0v) is 16.1. The number of aryl methyl sites for hydroxylation is 2. The summed E-state index contributed by atoms with van der Waals surface area (Å²) in [6.45, 7) is 1.36. The second kappa shape index (κ2) is 8.43. The zero-order chi connectivity index (χ0) is 19.4. The Balaban J connectivity index is 1.92. The van der Waals surface area contributed by atoms with Crippen molar-refractivity contribution in [1.82, 2.24) is 9.47 Å². The van der Waals surface area contributed by atoms with E-state index >= 15 is 0 Å². The first-order chi connectivity index (χ1) is 13.0. The van der Waals surface area contributed by atoms with Crippen LogP contribution in [0.2, 0.25) is 0 Å². The molecule has 0 unspecified atom stereocenters. The van der Waals surface area contributed by atoms with Gasteiger partial charge in [-0.25, -0.2) is 0 Å². The number of nitrogens with two attached hydrogens (primary N) is 1. The zero-order valence-electron chi connectivity index (χ0n) is 15.3. The Kier molecular flexibility index (Phi) is 6.01. The Morgan fingerprint density at radius 1 is 1.22 bits per heavy atom. The van der Waals surface area contributed by atoms with E-state index in [2.05, 4.69) is 0 Å². The van der Waals surface area contributed by atoms with Crippen LogP contribution in [0.25, 0.3) is 0 Å². The second-order valence-corrected chi connectivity index (χ2v) is 7.47. The fourth-order valence-corrected chi connectivity index (χ4v) is 3.88. The molecule has 2 aromatic rings. The van der Waals surface area contributed by atoms with Gasteiger partial charge in [0.15, 0.2) is 0 Å². The normalized spacial score (nSPS) is 13.3. The molecule has 142 valence electrons. The molecule has 1 aliphatic heterocycles. The van der Waals surface area contributed by atoms with Gasteiger partial charge in [0.05, 0.1) is 5.75 Å². The third kappa shape index (κ3) is 4.24. The highest BCUT2D eigenvalue weighted by Crippen LogP contribution is 2.21. The summed E-state index contributed by atoms with van der Waals surface area (Å²) in [5.74, 6) is -0.212. The van der Waals surface area contributed by atoms with Crippen LogP contribution >= 0.6 is 11.8 Å². The molecule has 1 aromatic heterocycles. The summed E-state index contributed by atoms with van der Waals surface area (Å²) in [6, 6.07) is 9.85. The number of pyridine rings is 1. The van der Waals surface area contributed by atoms with Crippen LogP contribution in [0.1, 0.15) is 27.0 Å². The van der Waals surface area contributed by atoms with Crippen LogP contribution < -0.4 is 11.3 Å². The number of fused-ring (bicyclic) bond motifs is 1. The quantitative estimate of drug-likeness (QED) is 0.815. The van der Waals surface area contributed by atoms with Crippen LogP contribution in [0.4, 0.5) is 0 Å². The first-order valence-electron chi connectivity index (χ1n) is 8.87. The number of carbonyl (C=O) groups excluding carboxylic acids is 2. The van der Waals surface area contributed by atoms with Crippen molar-refractivity contribution in [1.29, 1.82) is 0 Å². The first kappa shape index (κ1) is 19.2. The van der Waals surface area contributed by atoms with Crippen molar-refractivity contribution in [2.75, 3.05) is 18.6 Å². The van der Waals surface area contributed by atoms with E-state index in [-0.39, 0.29) is 17.0 Å². The summed E-state index contributed by atoms with van der Waals surface area (Å²) in [4.78, 5) is 38.8. The van der Waals surface area contributed by atoms with E-state index in [9.17, 15) is 14.4 Å². The van der Waals surface area contributed by atoms with Crippen LogP contribution in [-0.2, 0) is 30.7 Å². The molecule has 0 saturated heterocycles. The number of benzene rings is 1. The summed E-state index contributed by atoms with van der Waals surface area (Å²) in [6.07, 6.45) is 4.82. The van der Waals surface area contributed by atoms with Gasteiger partial charge in [0, 0.05) is 25.8 Å². The van der Waals surface area contributed by atoms with Gasteiger partial charge >= 0.3 is 0 Å². The highest BCUT2D eigenvalue weighted by Gasteiger charge is 2.26. The molecule has 0 aliphatic carbocycles. The molecule has 7 heteroatoms. The van der Waals surface area contributed by atoms with Crippen molar-refractivity contribution in [3.63, 3.8) is 0 Å². The molecule has 0 spiro atoms. The summed E-state index contributed by atoms with van der Waals surface area (Å²) < 4.78 is 1.55. The van der Waals surface area contributed by atoms with E-state index in [1.54, 1.807) is 15.7 Å². The highest BCUT2D eigenvalue weighted by molar-refractivity contribution is 7.99. The van der Waals surface area contributed by atoms with Crippen molar-refractivity contribution in [3.05, 3.63) is 69.1 Å². The lowest BCUT2D eigenvalue weighted by atomic mass is 9.96. The van der Waals surface area contributed by atoms with Crippen LogP contribution in [-0.4, -0.2) is 39.8 Å². The second-order valence-electron chi connectivity index (χ2n) is 6.60. The van der Waals surface area contributed by atoms with E-state index in [0.29, 0.717) is 43.8 Å². The molecule has 1 aliphatic rings. The number of aromatic nitrogens is 1. The maximum Gasteiger partial charge on any atom is 0.263 e. The number of rotatable bonds is 6. The third-order valence-electron chi connectivity index (χ3n) is 4.82. The van der Waals surface area contributed by atoms with Crippen molar-refractivity contribution in [2.45, 2.75) is 25.9 Å². The molecule has 1 aromatic carbocycles. The van der Waals surface area contributed by atoms with Gasteiger partial charge < -0.3 is 15.2 Å². The number of hydrogen-bond acceptors (Lipinski definition) is 4. The lowest BCUT2D eigenvalue weighted by Crippen LogP contribution is -2.41. The molecule has 0 atom stereocenters. The van der Waals surface area contributed by atoms with E-state index in [1.807, 2.05) is 36.6 Å². The maximum atomic E-state index is 12.8. The summed E-state index contributed by atoms with van der Waals surface area (Å²) in [7, 11) is 0. The van der Waals surface area contributed by atoms with Gasteiger partial charge in [-0.15, -0.1) is 0 Å². The lowest BCUT2D eigenvalue weighted by Gasteiger charge is -2.30. The Morgan fingerprint density at radius 3 is 2.63 bits per heavy atom. The number of primary amides is 1. The van der Waals surface area contributed by atoms with E-state index in [0.717, 1.165) is 11.1 Å². The lowest BCUT2D eigenvalue weighted by molar-refractivity contribution is -0.129. The Bertz CT molecular complexity index is 909. The van der Waals surface area contributed by atoms with Crippen molar-refractivity contribution < 1.29 is 9.59 Å².